The Bertz CT molecular complexity index is 768. The van der Waals surface area contributed by atoms with E-state index in [1.54, 1.807) is 18.3 Å². The molecular weight excluding hydrogens is 278 g/mol. The number of aromatic amines is 1. The van der Waals surface area contributed by atoms with E-state index in [0.29, 0.717) is 12.0 Å². The van der Waals surface area contributed by atoms with E-state index in [9.17, 15) is 9.90 Å². The molecule has 0 fully saturated rings. The number of benzene rings is 2. The van der Waals surface area contributed by atoms with Crippen LogP contribution in [0.2, 0.25) is 0 Å². The van der Waals surface area contributed by atoms with Crippen molar-refractivity contribution in [1.82, 2.24) is 15.5 Å². The summed E-state index contributed by atoms with van der Waals surface area (Å²) >= 11 is 0. The van der Waals surface area contributed by atoms with Gasteiger partial charge in [0.2, 0.25) is 0 Å². The molecule has 3 N–H and O–H groups in total. The van der Waals surface area contributed by atoms with Crippen LogP contribution < -0.4 is 5.32 Å². The summed E-state index contributed by atoms with van der Waals surface area (Å²) in [6.07, 6.45) is 1.59. The lowest BCUT2D eigenvalue weighted by atomic mass is 10.1. The fourth-order valence-electron chi connectivity index (χ4n) is 2.35. The fourth-order valence-corrected chi connectivity index (χ4v) is 2.35. The molecule has 22 heavy (non-hydrogen) atoms. The van der Waals surface area contributed by atoms with Crippen molar-refractivity contribution in [2.45, 2.75) is 12.5 Å². The largest absolute Gasteiger partial charge is 0.391 e. The van der Waals surface area contributed by atoms with Crippen LogP contribution >= 0.6 is 0 Å². The van der Waals surface area contributed by atoms with Crippen molar-refractivity contribution < 1.29 is 9.90 Å². The molecule has 0 aliphatic heterocycles. The first-order valence-corrected chi connectivity index (χ1v) is 7.16. The minimum atomic E-state index is -0.607. The first kappa shape index (κ1) is 14.3. The van der Waals surface area contributed by atoms with Crippen LogP contribution in [-0.2, 0) is 6.42 Å². The van der Waals surface area contributed by atoms with Crippen LogP contribution in [0.3, 0.4) is 0 Å². The molecule has 0 saturated carbocycles. The quantitative estimate of drug-likeness (QED) is 0.672. The number of amides is 1. The van der Waals surface area contributed by atoms with Crippen molar-refractivity contribution in [3.05, 3.63) is 65.9 Å². The number of hydrogen-bond acceptors (Lipinski definition) is 3. The van der Waals surface area contributed by atoms with Gasteiger partial charge in [-0.15, -0.1) is 0 Å². The summed E-state index contributed by atoms with van der Waals surface area (Å²) in [6.45, 7) is 0.219. The maximum absolute atomic E-state index is 12.1. The number of aromatic nitrogens is 2. The van der Waals surface area contributed by atoms with Gasteiger partial charge >= 0.3 is 0 Å². The molecule has 112 valence electrons. The average molecular weight is 295 g/mol. The zero-order chi connectivity index (χ0) is 15.4. The lowest BCUT2D eigenvalue weighted by Crippen LogP contribution is -2.33. The van der Waals surface area contributed by atoms with Crippen LogP contribution in [0.25, 0.3) is 10.9 Å². The van der Waals surface area contributed by atoms with E-state index in [0.717, 1.165) is 16.5 Å². The van der Waals surface area contributed by atoms with E-state index in [1.807, 2.05) is 36.4 Å². The third-order valence-corrected chi connectivity index (χ3v) is 3.51. The summed E-state index contributed by atoms with van der Waals surface area (Å²) < 4.78 is 0. The zero-order valence-electron chi connectivity index (χ0n) is 12.0. The van der Waals surface area contributed by atoms with E-state index < -0.39 is 6.10 Å². The van der Waals surface area contributed by atoms with Gasteiger partial charge in [-0.3, -0.25) is 9.89 Å². The fraction of sp³-hybridized carbons (Fsp3) is 0.176. The Balaban J connectivity index is 1.57. The number of carbonyl (C=O) groups excluding carboxylic acids is 1. The summed E-state index contributed by atoms with van der Waals surface area (Å²) in [5.74, 6) is -0.199. The smallest absolute Gasteiger partial charge is 0.251 e. The Hall–Kier alpha value is -2.66. The molecule has 0 bridgehead atoms. The van der Waals surface area contributed by atoms with Crippen molar-refractivity contribution in [1.29, 1.82) is 0 Å². The Labute approximate surface area is 128 Å². The highest BCUT2D eigenvalue weighted by atomic mass is 16.3. The molecule has 1 atom stereocenters. The number of nitrogens with one attached hydrogen (secondary N) is 2. The van der Waals surface area contributed by atoms with Gasteiger partial charge in [-0.2, -0.15) is 5.10 Å². The molecule has 2 aromatic carbocycles. The van der Waals surface area contributed by atoms with Gasteiger partial charge in [0.1, 0.15) is 0 Å². The first-order chi connectivity index (χ1) is 10.7. The maximum atomic E-state index is 12.1. The summed E-state index contributed by atoms with van der Waals surface area (Å²) in [5, 5.41) is 20.4. The molecule has 0 aliphatic rings. The summed E-state index contributed by atoms with van der Waals surface area (Å²) in [6, 6.07) is 15.0. The van der Waals surface area contributed by atoms with Gasteiger partial charge in [0.25, 0.3) is 5.91 Å². The standard InChI is InChI=1S/C17H17N3O2/c21-15(8-12-4-2-1-3-5-12)11-18-17(22)13-6-7-16-14(9-13)10-19-20-16/h1-7,9-10,15,21H,8,11H2,(H,18,22)(H,19,20). The molecular formula is C17H17N3O2. The van der Waals surface area contributed by atoms with Gasteiger partial charge in [-0.05, 0) is 23.8 Å². The highest BCUT2D eigenvalue weighted by molar-refractivity contribution is 5.97. The predicted octanol–water partition coefficient (Wildman–Crippen LogP) is 1.90. The molecule has 5 nitrogen and oxygen atoms in total. The van der Waals surface area contributed by atoms with Crippen molar-refractivity contribution in [2.24, 2.45) is 0 Å². The number of nitrogens with zero attached hydrogens (tertiary/aromatic N) is 1. The third kappa shape index (κ3) is 3.32. The molecule has 1 aromatic heterocycles. The Morgan fingerprint density at radius 1 is 1.23 bits per heavy atom. The number of aliphatic hydroxyl groups excluding tert-OH is 1. The SMILES string of the molecule is O=C(NCC(O)Cc1ccccc1)c1ccc2[nH]ncc2c1. The first-order valence-electron chi connectivity index (χ1n) is 7.16. The second kappa shape index (κ2) is 6.41. The Morgan fingerprint density at radius 3 is 2.86 bits per heavy atom. The third-order valence-electron chi connectivity index (χ3n) is 3.51. The van der Waals surface area contributed by atoms with Crippen molar-refractivity contribution >= 4 is 16.8 Å². The van der Waals surface area contributed by atoms with Crippen LogP contribution in [-0.4, -0.2) is 33.9 Å². The van der Waals surface area contributed by atoms with Gasteiger partial charge in [0.15, 0.2) is 0 Å². The van der Waals surface area contributed by atoms with E-state index >= 15 is 0 Å². The molecule has 0 saturated heterocycles. The van der Waals surface area contributed by atoms with Crippen molar-refractivity contribution in [2.75, 3.05) is 6.54 Å². The van der Waals surface area contributed by atoms with Gasteiger partial charge in [-0.25, -0.2) is 0 Å². The van der Waals surface area contributed by atoms with E-state index in [2.05, 4.69) is 15.5 Å². The molecule has 0 aliphatic carbocycles. The molecule has 0 radical (unpaired) electrons. The highest BCUT2D eigenvalue weighted by Gasteiger charge is 2.10. The minimum Gasteiger partial charge on any atom is -0.391 e. The number of fused-ring (bicyclic) bond motifs is 1. The average Bonchev–Trinajstić information content (AvgIpc) is 3.01. The van der Waals surface area contributed by atoms with Gasteiger partial charge in [-0.1, -0.05) is 30.3 Å². The molecule has 1 unspecified atom stereocenters. The monoisotopic (exact) mass is 295 g/mol. The molecule has 3 aromatic rings. The van der Waals surface area contributed by atoms with Crippen LogP contribution in [0.1, 0.15) is 15.9 Å². The topological polar surface area (TPSA) is 78.0 Å². The van der Waals surface area contributed by atoms with Crippen LogP contribution in [0, 0.1) is 0 Å². The normalized spacial score (nSPS) is 12.2. The molecule has 0 spiro atoms. The second-order valence-corrected chi connectivity index (χ2v) is 5.23. The van der Waals surface area contributed by atoms with E-state index in [4.69, 9.17) is 0 Å². The zero-order valence-corrected chi connectivity index (χ0v) is 12.0. The lowest BCUT2D eigenvalue weighted by Gasteiger charge is -2.12. The Kier molecular flexibility index (Phi) is 4.16. The molecule has 1 heterocycles. The predicted molar refractivity (Wildman–Crippen MR) is 84.6 cm³/mol. The lowest BCUT2D eigenvalue weighted by molar-refractivity contribution is 0.0916. The number of H-pyrrole nitrogens is 1. The summed E-state index contributed by atoms with van der Waals surface area (Å²) in [7, 11) is 0. The maximum Gasteiger partial charge on any atom is 0.251 e. The Morgan fingerprint density at radius 2 is 2.05 bits per heavy atom. The molecule has 5 heteroatoms. The van der Waals surface area contributed by atoms with E-state index in [-0.39, 0.29) is 12.5 Å². The van der Waals surface area contributed by atoms with Crippen LogP contribution in [0.5, 0.6) is 0 Å². The number of aliphatic hydroxyl groups is 1. The van der Waals surface area contributed by atoms with E-state index in [1.165, 1.54) is 0 Å². The van der Waals surface area contributed by atoms with Crippen molar-refractivity contribution in [3.63, 3.8) is 0 Å². The molecule has 1 amide bonds. The van der Waals surface area contributed by atoms with Gasteiger partial charge in [0, 0.05) is 23.9 Å². The highest BCUT2D eigenvalue weighted by Crippen LogP contribution is 2.12. The summed E-state index contributed by atoms with van der Waals surface area (Å²) in [4.78, 5) is 12.1. The molecule has 3 rings (SSSR count). The van der Waals surface area contributed by atoms with Gasteiger partial charge < -0.3 is 10.4 Å². The second-order valence-electron chi connectivity index (χ2n) is 5.23. The minimum absolute atomic E-state index is 0.199. The number of hydrogen-bond donors (Lipinski definition) is 3. The summed E-state index contributed by atoms with van der Waals surface area (Å²) in [5.41, 5.74) is 2.49. The number of rotatable bonds is 5. The number of carbonyl (C=O) groups is 1. The van der Waals surface area contributed by atoms with Gasteiger partial charge in [0.05, 0.1) is 17.8 Å². The van der Waals surface area contributed by atoms with Crippen LogP contribution in [0.15, 0.2) is 54.7 Å². The van der Waals surface area contributed by atoms with Crippen molar-refractivity contribution in [3.8, 4) is 0 Å². The van der Waals surface area contributed by atoms with Crippen LogP contribution in [0.4, 0.5) is 0 Å².